The van der Waals surface area contributed by atoms with Crippen molar-refractivity contribution in [2.24, 2.45) is 5.92 Å². The Bertz CT molecular complexity index is 473. The highest BCUT2D eigenvalue weighted by Crippen LogP contribution is 2.39. The number of nitrogens with zero attached hydrogens (tertiary/aromatic N) is 2. The van der Waals surface area contributed by atoms with E-state index in [1.807, 2.05) is 11.8 Å². The third-order valence-corrected chi connectivity index (χ3v) is 4.86. The zero-order valence-electron chi connectivity index (χ0n) is 10.5. The molecule has 0 radical (unpaired) electrons. The summed E-state index contributed by atoms with van der Waals surface area (Å²) >= 11 is 1.37. The molecule has 0 aromatic carbocycles. The monoisotopic (exact) mass is 266 g/mol. The van der Waals surface area contributed by atoms with Crippen molar-refractivity contribution in [3.05, 3.63) is 4.88 Å². The van der Waals surface area contributed by atoms with Crippen LogP contribution in [0.2, 0.25) is 0 Å². The zero-order chi connectivity index (χ0) is 12.7. The van der Waals surface area contributed by atoms with E-state index in [2.05, 4.69) is 10.3 Å². The largest absolute Gasteiger partial charge is 0.382 e. The lowest BCUT2D eigenvalue weighted by atomic mass is 10.1. The summed E-state index contributed by atoms with van der Waals surface area (Å²) in [5.74, 6) is 1.14. The number of amides is 1. The lowest BCUT2D eigenvalue weighted by Crippen LogP contribution is -2.37. The van der Waals surface area contributed by atoms with Crippen LogP contribution in [-0.2, 0) is 0 Å². The molecule has 1 saturated heterocycles. The molecule has 0 spiro atoms. The number of hydrogen-bond donors (Lipinski definition) is 2. The number of nitrogen functional groups attached to an aromatic ring is 1. The summed E-state index contributed by atoms with van der Waals surface area (Å²) in [4.78, 5) is 19.2. The average molecular weight is 266 g/mol. The van der Waals surface area contributed by atoms with Crippen LogP contribution in [0.15, 0.2) is 0 Å². The summed E-state index contributed by atoms with van der Waals surface area (Å²) in [6.45, 7) is 3.69. The van der Waals surface area contributed by atoms with Crippen molar-refractivity contribution in [1.82, 2.24) is 9.88 Å². The molecule has 1 amide bonds. The fourth-order valence-electron chi connectivity index (χ4n) is 3.02. The Balaban J connectivity index is 1.80. The van der Waals surface area contributed by atoms with Crippen LogP contribution in [0.1, 0.15) is 35.9 Å². The molecule has 2 bridgehead atoms. The van der Waals surface area contributed by atoms with Gasteiger partial charge in [-0.25, -0.2) is 4.98 Å². The highest BCUT2D eigenvalue weighted by Gasteiger charge is 2.41. The number of piperidine rings is 1. The molecule has 2 heterocycles. The summed E-state index contributed by atoms with van der Waals surface area (Å²) in [5, 5.41) is 3.84. The fourth-order valence-corrected chi connectivity index (χ4v) is 3.92. The van der Waals surface area contributed by atoms with E-state index in [1.165, 1.54) is 24.2 Å². The molecule has 2 unspecified atom stereocenters. The number of thiazole rings is 1. The summed E-state index contributed by atoms with van der Waals surface area (Å²) in [7, 11) is 0. The smallest absolute Gasteiger partial charge is 0.268 e. The average Bonchev–Trinajstić information content (AvgIpc) is 3.03. The molecule has 98 valence electrons. The van der Waals surface area contributed by atoms with Gasteiger partial charge in [-0.15, -0.1) is 0 Å². The maximum atomic E-state index is 12.5. The SMILES string of the molecule is CCNc1nc(N)c(C(=O)N2CC3CCC2C3)s1. The second-order valence-electron chi connectivity index (χ2n) is 5.05. The topological polar surface area (TPSA) is 71.2 Å². The lowest BCUT2D eigenvalue weighted by molar-refractivity contribution is 0.0709. The van der Waals surface area contributed by atoms with Gasteiger partial charge < -0.3 is 16.0 Å². The van der Waals surface area contributed by atoms with Gasteiger partial charge in [0.1, 0.15) is 10.7 Å². The Hall–Kier alpha value is -1.30. The van der Waals surface area contributed by atoms with Gasteiger partial charge in [0.25, 0.3) is 5.91 Å². The molecule has 1 aromatic heterocycles. The van der Waals surface area contributed by atoms with Crippen molar-refractivity contribution in [3.8, 4) is 0 Å². The predicted molar refractivity (Wildman–Crippen MR) is 72.9 cm³/mol. The minimum absolute atomic E-state index is 0.0707. The maximum Gasteiger partial charge on any atom is 0.268 e. The summed E-state index contributed by atoms with van der Waals surface area (Å²) in [6.07, 6.45) is 3.59. The van der Waals surface area contributed by atoms with Crippen LogP contribution in [0, 0.1) is 5.92 Å². The third-order valence-electron chi connectivity index (χ3n) is 3.85. The van der Waals surface area contributed by atoms with Gasteiger partial charge >= 0.3 is 0 Å². The summed E-state index contributed by atoms with van der Waals surface area (Å²) in [5.41, 5.74) is 5.85. The second-order valence-corrected chi connectivity index (χ2v) is 6.05. The first kappa shape index (κ1) is 11.8. The Labute approximate surface area is 110 Å². The number of anilines is 2. The van der Waals surface area contributed by atoms with Gasteiger partial charge in [-0.2, -0.15) is 0 Å². The number of carbonyl (C=O) groups is 1. The van der Waals surface area contributed by atoms with Crippen molar-refractivity contribution >= 4 is 28.2 Å². The first-order valence-electron chi connectivity index (χ1n) is 6.50. The van der Waals surface area contributed by atoms with Crippen molar-refractivity contribution in [1.29, 1.82) is 0 Å². The van der Waals surface area contributed by atoms with Crippen LogP contribution in [0.4, 0.5) is 10.9 Å². The molecule has 2 aliphatic rings. The molecule has 1 aliphatic heterocycles. The van der Waals surface area contributed by atoms with Crippen LogP contribution >= 0.6 is 11.3 Å². The van der Waals surface area contributed by atoms with Crippen LogP contribution in [-0.4, -0.2) is 34.9 Å². The number of nitrogens with two attached hydrogens (primary N) is 1. The minimum Gasteiger partial charge on any atom is -0.382 e. The molecule has 2 fully saturated rings. The molecule has 2 atom stereocenters. The quantitative estimate of drug-likeness (QED) is 0.875. The molecule has 3 rings (SSSR count). The van der Waals surface area contributed by atoms with E-state index in [9.17, 15) is 4.79 Å². The number of aromatic nitrogens is 1. The van der Waals surface area contributed by atoms with E-state index in [-0.39, 0.29) is 5.91 Å². The molecule has 6 heteroatoms. The van der Waals surface area contributed by atoms with Crippen LogP contribution in [0.25, 0.3) is 0 Å². The van der Waals surface area contributed by atoms with E-state index in [0.29, 0.717) is 22.7 Å². The third kappa shape index (κ3) is 1.84. The molecular formula is C12H18N4OS. The molecule has 5 nitrogen and oxygen atoms in total. The molecule has 1 aromatic rings. The number of nitrogens with one attached hydrogen (secondary N) is 1. The summed E-state index contributed by atoms with van der Waals surface area (Å²) < 4.78 is 0. The van der Waals surface area contributed by atoms with E-state index < -0.39 is 0 Å². The Morgan fingerprint density at radius 3 is 3.06 bits per heavy atom. The Morgan fingerprint density at radius 2 is 2.44 bits per heavy atom. The van der Waals surface area contributed by atoms with E-state index in [4.69, 9.17) is 5.73 Å². The van der Waals surface area contributed by atoms with E-state index in [1.54, 1.807) is 0 Å². The van der Waals surface area contributed by atoms with Crippen molar-refractivity contribution < 1.29 is 4.79 Å². The van der Waals surface area contributed by atoms with Gasteiger partial charge in [0.05, 0.1) is 0 Å². The molecule has 1 saturated carbocycles. The molecule has 1 aliphatic carbocycles. The molecule has 18 heavy (non-hydrogen) atoms. The van der Waals surface area contributed by atoms with Crippen LogP contribution < -0.4 is 11.1 Å². The maximum absolute atomic E-state index is 12.5. The van der Waals surface area contributed by atoms with Gasteiger partial charge in [0.2, 0.25) is 0 Å². The number of rotatable bonds is 3. The van der Waals surface area contributed by atoms with E-state index >= 15 is 0 Å². The van der Waals surface area contributed by atoms with Gasteiger partial charge in [0, 0.05) is 19.1 Å². The Kier molecular flexibility index (Phi) is 2.89. The Morgan fingerprint density at radius 1 is 1.61 bits per heavy atom. The highest BCUT2D eigenvalue weighted by molar-refractivity contribution is 7.18. The minimum atomic E-state index is 0.0707. The standard InChI is InChI=1S/C12H18N4OS/c1-2-14-12-15-10(13)9(18-12)11(17)16-6-7-3-4-8(16)5-7/h7-8H,2-6,13H2,1H3,(H,14,15). The zero-order valence-corrected chi connectivity index (χ0v) is 11.3. The fraction of sp³-hybridized carbons (Fsp3) is 0.667. The van der Waals surface area contributed by atoms with Crippen molar-refractivity contribution in [2.45, 2.75) is 32.2 Å². The number of hydrogen-bond acceptors (Lipinski definition) is 5. The highest BCUT2D eigenvalue weighted by atomic mass is 32.1. The summed E-state index contributed by atoms with van der Waals surface area (Å²) in [6, 6.07) is 0.437. The number of carbonyl (C=O) groups excluding carboxylic acids is 1. The molecule has 3 N–H and O–H groups in total. The van der Waals surface area contributed by atoms with Gasteiger partial charge in [-0.05, 0) is 32.1 Å². The van der Waals surface area contributed by atoms with Crippen LogP contribution in [0.5, 0.6) is 0 Å². The first-order valence-corrected chi connectivity index (χ1v) is 7.31. The predicted octanol–water partition coefficient (Wildman–Crippen LogP) is 1.78. The van der Waals surface area contributed by atoms with Crippen LogP contribution in [0.3, 0.4) is 0 Å². The second kappa shape index (κ2) is 4.42. The number of fused-ring (bicyclic) bond motifs is 2. The van der Waals surface area contributed by atoms with Gasteiger partial charge in [-0.3, -0.25) is 4.79 Å². The normalized spacial score (nSPS) is 25.7. The van der Waals surface area contributed by atoms with E-state index in [0.717, 1.165) is 24.6 Å². The first-order chi connectivity index (χ1) is 8.69. The van der Waals surface area contributed by atoms with Gasteiger partial charge in [0.15, 0.2) is 5.13 Å². The lowest BCUT2D eigenvalue weighted by Gasteiger charge is -2.26. The van der Waals surface area contributed by atoms with Gasteiger partial charge in [-0.1, -0.05) is 11.3 Å². The number of likely N-dealkylation sites (tertiary alicyclic amines) is 1. The van der Waals surface area contributed by atoms with Crippen molar-refractivity contribution in [3.63, 3.8) is 0 Å². The molecular weight excluding hydrogens is 248 g/mol. The van der Waals surface area contributed by atoms with Crippen molar-refractivity contribution in [2.75, 3.05) is 24.1 Å².